The minimum absolute atomic E-state index is 0.292. The van der Waals surface area contributed by atoms with E-state index in [4.69, 9.17) is 28.6 Å². The molecule has 2 heterocycles. The predicted molar refractivity (Wildman–Crippen MR) is 138 cm³/mol. The van der Waals surface area contributed by atoms with Crippen LogP contribution in [0.2, 0.25) is 5.02 Å². The zero-order valence-electron chi connectivity index (χ0n) is 17.7. The average Bonchev–Trinajstić information content (AvgIpc) is 3.43. The molecule has 4 rings (SSSR count). The first-order valence-electron chi connectivity index (χ1n) is 10.2. The molecule has 0 aliphatic heterocycles. The molecule has 4 aromatic rings. The first-order valence-corrected chi connectivity index (χ1v) is 11.8. The summed E-state index contributed by atoms with van der Waals surface area (Å²) in [5, 5.41) is 12.3. The van der Waals surface area contributed by atoms with E-state index in [0.29, 0.717) is 39.7 Å². The highest BCUT2D eigenvalue weighted by Gasteiger charge is 2.19. The summed E-state index contributed by atoms with van der Waals surface area (Å²) in [5.41, 5.74) is 2.42. The fraction of sp³-hybridized carbons (Fsp3) is 0.125. The third kappa shape index (κ3) is 5.78. The number of hydrogen-bond donors (Lipinski definition) is 2. The summed E-state index contributed by atoms with van der Waals surface area (Å²) in [6.45, 7) is 2.61. The summed E-state index contributed by atoms with van der Waals surface area (Å²) in [5.74, 6) is 0.183. The van der Waals surface area contributed by atoms with E-state index in [-0.39, 0.29) is 0 Å². The van der Waals surface area contributed by atoms with Gasteiger partial charge in [-0.2, -0.15) is 5.10 Å². The number of carbonyl (C=O) groups excluding carboxylic acids is 1. The Labute approximate surface area is 206 Å². The van der Waals surface area contributed by atoms with Crippen LogP contribution in [0.4, 0.5) is 10.8 Å². The second-order valence-corrected chi connectivity index (χ2v) is 8.88. The second kappa shape index (κ2) is 10.6. The summed E-state index contributed by atoms with van der Waals surface area (Å²) in [7, 11) is 0. The number of hydrogen-bond acceptors (Lipinski definition) is 5. The Morgan fingerprint density at radius 3 is 2.64 bits per heavy atom. The lowest BCUT2D eigenvalue weighted by molar-refractivity contribution is 0.0528. The van der Waals surface area contributed by atoms with E-state index in [0.717, 1.165) is 16.0 Å². The van der Waals surface area contributed by atoms with Gasteiger partial charge < -0.3 is 15.4 Å². The minimum Gasteiger partial charge on any atom is -0.462 e. The van der Waals surface area contributed by atoms with Gasteiger partial charge in [0.05, 0.1) is 18.7 Å². The van der Waals surface area contributed by atoms with Crippen molar-refractivity contribution >= 4 is 57.1 Å². The third-order valence-electron chi connectivity index (χ3n) is 4.69. The Balaban J connectivity index is 1.48. The van der Waals surface area contributed by atoms with Crippen molar-refractivity contribution in [3.8, 4) is 10.4 Å². The van der Waals surface area contributed by atoms with Gasteiger partial charge in [-0.1, -0.05) is 60.1 Å². The molecule has 6 nitrogen and oxygen atoms in total. The first kappa shape index (κ1) is 23.0. The molecule has 0 saturated carbocycles. The molecule has 33 heavy (non-hydrogen) atoms. The molecule has 0 bridgehead atoms. The fourth-order valence-corrected chi connectivity index (χ4v) is 4.68. The number of nitrogens with one attached hydrogen (secondary N) is 2. The van der Waals surface area contributed by atoms with Gasteiger partial charge in [-0.25, -0.2) is 4.79 Å². The molecule has 0 aliphatic rings. The monoisotopic (exact) mass is 496 g/mol. The van der Waals surface area contributed by atoms with Gasteiger partial charge in [0, 0.05) is 22.2 Å². The molecular weight excluding hydrogens is 476 g/mol. The normalized spacial score (nSPS) is 10.6. The van der Waals surface area contributed by atoms with Crippen LogP contribution in [0.15, 0.2) is 72.9 Å². The zero-order chi connectivity index (χ0) is 23.2. The number of carbonyl (C=O) groups is 1. The third-order valence-corrected chi connectivity index (χ3v) is 6.36. The molecule has 0 unspecified atom stereocenters. The molecule has 0 aliphatic carbocycles. The van der Waals surface area contributed by atoms with Crippen LogP contribution in [-0.4, -0.2) is 27.5 Å². The fourth-order valence-electron chi connectivity index (χ4n) is 3.16. The van der Waals surface area contributed by atoms with Crippen molar-refractivity contribution in [2.45, 2.75) is 13.5 Å². The van der Waals surface area contributed by atoms with Crippen molar-refractivity contribution in [2.75, 3.05) is 17.2 Å². The molecule has 168 valence electrons. The summed E-state index contributed by atoms with van der Waals surface area (Å²) >= 11 is 13.2. The van der Waals surface area contributed by atoms with E-state index in [1.54, 1.807) is 11.6 Å². The van der Waals surface area contributed by atoms with Gasteiger partial charge in [0.15, 0.2) is 10.9 Å². The molecule has 9 heteroatoms. The maximum atomic E-state index is 12.5. The highest BCUT2D eigenvalue weighted by atomic mass is 35.5. The smallest absolute Gasteiger partial charge is 0.341 e. The number of halogens is 1. The Kier molecular flexibility index (Phi) is 7.39. The van der Waals surface area contributed by atoms with Gasteiger partial charge in [0.1, 0.15) is 5.00 Å². The number of benzene rings is 2. The van der Waals surface area contributed by atoms with Gasteiger partial charge in [0.2, 0.25) is 0 Å². The van der Waals surface area contributed by atoms with Crippen LogP contribution in [0.25, 0.3) is 10.4 Å². The number of nitrogens with zero attached hydrogens (tertiary/aromatic N) is 2. The highest BCUT2D eigenvalue weighted by Crippen LogP contribution is 2.36. The predicted octanol–water partition coefficient (Wildman–Crippen LogP) is 6.30. The SMILES string of the molecule is CCOC(=O)c1cc(-c2ccccc2)sc1NC(=S)Nc1ccn(Cc2ccccc2Cl)n1. The van der Waals surface area contributed by atoms with Crippen molar-refractivity contribution in [3.05, 3.63) is 89.1 Å². The van der Waals surface area contributed by atoms with E-state index in [2.05, 4.69) is 15.7 Å². The second-order valence-electron chi connectivity index (χ2n) is 7.01. The van der Waals surface area contributed by atoms with Crippen molar-refractivity contribution in [3.63, 3.8) is 0 Å². The van der Waals surface area contributed by atoms with Crippen LogP contribution in [0.5, 0.6) is 0 Å². The molecule has 0 saturated heterocycles. The minimum atomic E-state index is -0.398. The van der Waals surface area contributed by atoms with Crippen molar-refractivity contribution in [2.24, 2.45) is 0 Å². The lowest BCUT2D eigenvalue weighted by Crippen LogP contribution is -2.20. The molecule has 0 amide bonds. The molecular formula is C24H21ClN4O2S2. The molecule has 0 radical (unpaired) electrons. The average molecular weight is 497 g/mol. The standard InChI is InChI=1S/C24H21ClN4O2S2/c1-2-31-23(30)18-14-20(16-8-4-3-5-9-16)33-22(18)27-24(32)26-21-12-13-29(28-21)15-17-10-6-7-11-19(17)25/h3-14H,2,15H2,1H3,(H2,26,27,28,32). The van der Waals surface area contributed by atoms with E-state index >= 15 is 0 Å². The zero-order valence-corrected chi connectivity index (χ0v) is 20.1. The molecule has 2 N–H and O–H groups in total. The number of esters is 1. The largest absolute Gasteiger partial charge is 0.462 e. The van der Waals surface area contributed by atoms with E-state index in [1.165, 1.54) is 11.3 Å². The summed E-state index contributed by atoms with van der Waals surface area (Å²) in [6, 6.07) is 21.1. The number of thiocarbonyl (C=S) groups is 1. The molecule has 2 aromatic carbocycles. The molecule has 2 aromatic heterocycles. The number of ether oxygens (including phenoxy) is 1. The molecule has 0 spiro atoms. The lowest BCUT2D eigenvalue weighted by Gasteiger charge is -2.09. The highest BCUT2D eigenvalue weighted by molar-refractivity contribution is 7.80. The number of aromatic nitrogens is 2. The number of rotatable bonds is 7. The Bertz CT molecular complexity index is 1270. The summed E-state index contributed by atoms with van der Waals surface area (Å²) in [4.78, 5) is 13.4. The van der Waals surface area contributed by atoms with Crippen molar-refractivity contribution in [1.29, 1.82) is 0 Å². The van der Waals surface area contributed by atoms with Gasteiger partial charge in [0.25, 0.3) is 0 Å². The van der Waals surface area contributed by atoms with Gasteiger partial charge in [-0.3, -0.25) is 4.68 Å². The van der Waals surface area contributed by atoms with Crippen LogP contribution in [0.3, 0.4) is 0 Å². The number of anilines is 2. The summed E-state index contributed by atoms with van der Waals surface area (Å²) < 4.78 is 7.00. The van der Waals surface area contributed by atoms with E-state index in [1.807, 2.05) is 72.9 Å². The van der Waals surface area contributed by atoms with Gasteiger partial charge >= 0.3 is 5.97 Å². The van der Waals surface area contributed by atoms with Crippen LogP contribution in [-0.2, 0) is 11.3 Å². The number of thiophene rings is 1. The molecule has 0 fully saturated rings. The maximum Gasteiger partial charge on any atom is 0.341 e. The summed E-state index contributed by atoms with van der Waals surface area (Å²) in [6.07, 6.45) is 1.84. The van der Waals surface area contributed by atoms with Gasteiger partial charge in [-0.15, -0.1) is 11.3 Å². The topological polar surface area (TPSA) is 68.2 Å². The Morgan fingerprint density at radius 1 is 1.12 bits per heavy atom. The van der Waals surface area contributed by atoms with Gasteiger partial charge in [-0.05, 0) is 42.4 Å². The molecule has 0 atom stereocenters. The lowest BCUT2D eigenvalue weighted by atomic mass is 10.1. The first-order chi connectivity index (χ1) is 16.0. The van der Waals surface area contributed by atoms with E-state index < -0.39 is 5.97 Å². The Hall–Kier alpha value is -3.20. The van der Waals surface area contributed by atoms with Crippen LogP contribution < -0.4 is 10.6 Å². The van der Waals surface area contributed by atoms with Crippen LogP contribution in [0.1, 0.15) is 22.8 Å². The van der Waals surface area contributed by atoms with E-state index in [9.17, 15) is 4.79 Å². The maximum absolute atomic E-state index is 12.5. The van der Waals surface area contributed by atoms with Crippen LogP contribution in [0, 0.1) is 0 Å². The van der Waals surface area contributed by atoms with Crippen LogP contribution >= 0.6 is 35.2 Å². The van der Waals surface area contributed by atoms with Crippen molar-refractivity contribution < 1.29 is 9.53 Å². The quantitative estimate of drug-likeness (QED) is 0.231. The van der Waals surface area contributed by atoms with Crippen molar-refractivity contribution in [1.82, 2.24) is 9.78 Å². The Morgan fingerprint density at radius 2 is 1.88 bits per heavy atom.